The van der Waals surface area contributed by atoms with Crippen LogP contribution in [0.4, 0.5) is 0 Å². The van der Waals surface area contributed by atoms with Gasteiger partial charge in [0, 0.05) is 104 Å². The summed E-state index contributed by atoms with van der Waals surface area (Å²) in [6.45, 7) is 36.1. The third-order valence-electron chi connectivity index (χ3n) is 36.1. The number of nitrogens with one attached hydrogen (secondary N) is 4. The summed E-state index contributed by atoms with van der Waals surface area (Å²) in [5, 5.41) is 49.3. The van der Waals surface area contributed by atoms with Crippen molar-refractivity contribution < 1.29 is 106 Å². The van der Waals surface area contributed by atoms with Crippen molar-refractivity contribution in [2.75, 3.05) is 39.3 Å². The Bertz CT molecular complexity index is 4840. The normalized spacial score (nSPS) is 29.7. The molecule has 137 heavy (non-hydrogen) atoms. The van der Waals surface area contributed by atoms with Crippen LogP contribution in [-0.2, 0) is 93.3 Å². The molecule has 23 nitrogen and oxygen atoms in total. The summed E-state index contributed by atoms with van der Waals surface area (Å²) >= 11 is 0. The van der Waals surface area contributed by atoms with E-state index in [1.807, 2.05) is 37.3 Å². The van der Waals surface area contributed by atoms with Crippen molar-refractivity contribution in [1.82, 2.24) is 29.5 Å². The second kappa shape index (κ2) is 50.4. The van der Waals surface area contributed by atoms with Gasteiger partial charge in [-0.15, -0.1) is 0 Å². The average Bonchev–Trinajstić information content (AvgIpc) is 1.68. The number of nitrogens with zero attached hydrogens (tertiary/aromatic N) is 4. The molecular formula is C112H166N8O15Pt2-6. The smallest absolute Gasteiger partial charge is 0.323 e. The number of hydrogen-bond donors (Lipinski definition) is 4. The summed E-state index contributed by atoms with van der Waals surface area (Å²) < 4.78 is 15.3. The van der Waals surface area contributed by atoms with Crippen LogP contribution in [0.15, 0.2) is 75.4 Å². The van der Waals surface area contributed by atoms with Gasteiger partial charge in [0.25, 0.3) is 17.0 Å². The van der Waals surface area contributed by atoms with E-state index in [0.717, 1.165) is 125 Å². The Morgan fingerprint density at radius 3 is 1.42 bits per heavy atom. The maximum atomic E-state index is 14.0. The Morgan fingerprint density at radius 1 is 0.518 bits per heavy atom. The van der Waals surface area contributed by atoms with Gasteiger partial charge in [-0.2, -0.15) is 28.4 Å². The molecule has 2 aromatic heterocycles. The summed E-state index contributed by atoms with van der Waals surface area (Å²) in [5.41, 5.74) is 25.5. The first-order valence-electron chi connectivity index (χ1n) is 52.6. The Morgan fingerprint density at radius 2 is 0.971 bits per heavy atom. The second-order valence-corrected chi connectivity index (χ2v) is 45.5. The van der Waals surface area contributed by atoms with Crippen LogP contribution in [0.2, 0.25) is 0 Å². The first kappa shape index (κ1) is 113. The molecule has 11 aliphatic rings. The largest absolute Gasteiger partial charge is 0.677 e. The fourth-order valence-electron chi connectivity index (χ4n) is 28.3. The Hall–Kier alpha value is -6.19. The van der Waals surface area contributed by atoms with Gasteiger partial charge < -0.3 is 75.4 Å². The van der Waals surface area contributed by atoms with Crippen LogP contribution < -0.4 is 32.0 Å². The summed E-state index contributed by atoms with van der Waals surface area (Å²) in [6, 6.07) is 12.1. The number of carboxylic acids is 4. The number of ether oxygens (including phenoxy) is 2. The fourth-order valence-corrected chi connectivity index (χ4v) is 28.3. The van der Waals surface area contributed by atoms with Crippen molar-refractivity contribution >= 4 is 41.7 Å². The van der Waals surface area contributed by atoms with Crippen molar-refractivity contribution in [3.8, 4) is 11.1 Å². The topological polar surface area (TPSA) is 346 Å². The van der Waals surface area contributed by atoms with Gasteiger partial charge in [0.15, 0.2) is 0 Å². The number of amides is 1. The van der Waals surface area contributed by atoms with Crippen LogP contribution in [0, 0.1) is 139 Å². The van der Waals surface area contributed by atoms with Gasteiger partial charge in [0.1, 0.15) is 24.3 Å². The quantitative estimate of drug-likeness (QED) is 0.0124. The number of aromatic nitrogens is 2. The zero-order chi connectivity index (χ0) is 97.7. The molecule has 0 spiro atoms. The summed E-state index contributed by atoms with van der Waals surface area (Å²) in [6.07, 6.45) is 42.3. The SMILES string of the molecule is CC(C)CCC[C@@H](C)[C@H]1CCC2C3CC=C4C[C@@H](OC(=O)C(CCCCNC(=O)c5cccc6c5Cc5ccccc5-6)N(CC(=O)[O-])CC(=O)O)CC[C@]4(C)C3CC[C@@]21C.Cc1c(C)n2c(CNCCCCC(C(=O)O[C@H]3CC[C@@]4(C)C(=CCC5C4CC[C@@]4(C)C5CC[C@@H]4[C@H](C)CCCC(C)C)C3)N(CC(=O)[O-])CC(=O)O)c(C)c(=O)n2c1=O.[CH2-]C1CCCCC1[NH-].[CH2-]C1CCCCC1[NH-].[Pt].[Pt]. The first-order chi connectivity index (χ1) is 64.2. The molecule has 0 radical (unpaired) electrons. The Balaban J connectivity index is 0.000000239. The molecule has 8 fully saturated rings. The number of esters is 2. The van der Waals surface area contributed by atoms with E-state index in [9.17, 15) is 63.6 Å². The molecule has 25 heteroatoms. The number of aryl methyl sites for hydroxylation is 1. The molecule has 15 rings (SSSR count). The average molecular weight is 2250 g/mol. The number of aliphatic carboxylic acids is 4. The van der Waals surface area contributed by atoms with Crippen LogP contribution in [0.25, 0.3) is 22.6 Å². The minimum atomic E-state index is -1.46. The van der Waals surface area contributed by atoms with E-state index in [0.29, 0.717) is 139 Å². The van der Waals surface area contributed by atoms with Crippen LogP contribution >= 0.6 is 0 Å². The minimum Gasteiger partial charge on any atom is -0.677 e. The van der Waals surface area contributed by atoms with Gasteiger partial charge in [-0.3, -0.25) is 43.4 Å². The number of carbonyl (C=O) groups excluding carboxylic acids is 5. The van der Waals surface area contributed by atoms with Crippen LogP contribution in [-0.4, -0.2) is 146 Å². The zero-order valence-electron chi connectivity index (χ0n) is 84.9. The first-order valence-corrected chi connectivity index (χ1v) is 52.6. The molecule has 1 amide bonds. The minimum absolute atomic E-state index is 0. The molecule has 8 saturated carbocycles. The van der Waals surface area contributed by atoms with E-state index in [1.165, 1.54) is 150 Å². The van der Waals surface area contributed by atoms with Gasteiger partial charge in [-0.05, 0) is 277 Å². The number of allylic oxidation sites excluding steroid dienone is 2. The van der Waals surface area contributed by atoms with E-state index in [2.05, 4.69) is 118 Å². The van der Waals surface area contributed by atoms with E-state index >= 15 is 0 Å². The molecule has 11 aliphatic carbocycles. The zero-order valence-corrected chi connectivity index (χ0v) is 89.4. The number of rotatable bonds is 37. The Labute approximate surface area is 847 Å². The molecule has 4 aromatic rings. The number of unbranched alkanes of at least 4 members (excludes halogenated alkanes) is 2. The fraction of sp³-hybridized carbons (Fsp3) is 0.723. The molecule has 0 bridgehead atoms. The molecule has 0 aliphatic heterocycles. The maximum Gasteiger partial charge on any atom is 0.323 e. The van der Waals surface area contributed by atoms with Gasteiger partial charge in [-0.25, -0.2) is 4.52 Å². The second-order valence-electron chi connectivity index (χ2n) is 45.5. The van der Waals surface area contributed by atoms with Crippen LogP contribution in [0.3, 0.4) is 0 Å². The molecule has 22 atom stereocenters. The number of carbonyl (C=O) groups is 7. The van der Waals surface area contributed by atoms with Crippen molar-refractivity contribution in [2.24, 2.45) is 105 Å². The van der Waals surface area contributed by atoms with E-state index < -0.39 is 74.1 Å². The number of carboxylic acid groups (broad SMARTS) is 4. The van der Waals surface area contributed by atoms with Crippen molar-refractivity contribution in [2.45, 2.75) is 370 Å². The number of fused-ring (bicyclic) bond motifs is 14. The van der Waals surface area contributed by atoms with Crippen LogP contribution in [0.5, 0.6) is 0 Å². The molecular weight excluding hydrogens is 2090 g/mol. The predicted octanol–water partition coefficient (Wildman–Crippen LogP) is 19.3. The summed E-state index contributed by atoms with van der Waals surface area (Å²) in [4.78, 5) is 116. The van der Waals surface area contributed by atoms with E-state index in [4.69, 9.17) is 20.9 Å². The van der Waals surface area contributed by atoms with Crippen molar-refractivity contribution in [3.63, 3.8) is 0 Å². The molecule has 2 heterocycles. The predicted molar refractivity (Wildman–Crippen MR) is 528 cm³/mol. The molecule has 2 aromatic carbocycles. The van der Waals surface area contributed by atoms with E-state index in [-0.39, 0.29) is 107 Å². The maximum absolute atomic E-state index is 14.0. The third-order valence-corrected chi connectivity index (χ3v) is 36.1. The molecule has 6 N–H and O–H groups in total. The standard InChI is InChI=1S/C51H70N2O7.C47H72N4O8.2C7H13N.2Pt/c1-32(2)12-10-13-33(3)42-21-22-43-40-20-19-35-29-36(23-25-50(35,4)44(40)24-26-51(42,43)5)60-49(59)45(53(30-46(54)55)31-47(56)57)18-8-9-27-52-48(58)39-17-11-16-38-37-15-7-6-14-34(37)28-41(38)39;1-28(2)12-11-13-29(3)36-17-18-37-35-16-15-33-24-34(19-21-46(33,7)38(35)20-22-47(36,37)8)59-45(58)39(49(26-41(52)53)27-42(54)55)14-9-10-23-48-25-40-31(5)44(57)51-43(56)30(4)32(6)50(40)51;2*1-6-4-2-3-5-7(6)8;;/h6-7,11,14-17,19,32-33,36,40,42-45H,8-10,12-13,18,20-31H2,1-5H3,(H,52,58)(H,54,55)(H,56,57);15,28-29,34-39,48H,9-14,16-27H2,1-8H3,(H,52,53)(H,54,55);2*6-8H,1-5H2;;/q;;2*-2;;/p-2/t33-,36+,40?,42-,43?,44?,45?,50+,51-;29-,34+,35?,36-,37?,38?,39?,46+,47-;;;;/m11..../s1. The molecule has 0 saturated heterocycles. The number of hydrogen-bond acceptors (Lipinski definition) is 16. The molecule has 12 unspecified atom stereocenters. The summed E-state index contributed by atoms with van der Waals surface area (Å²) in [5.74, 6) is 2.96. The monoisotopic (exact) mass is 2250 g/mol. The van der Waals surface area contributed by atoms with Crippen LogP contribution in [0.1, 0.15) is 344 Å². The van der Waals surface area contributed by atoms with Crippen molar-refractivity contribution in [3.05, 3.63) is 151 Å². The van der Waals surface area contributed by atoms with E-state index in [1.54, 1.807) is 18.4 Å². The van der Waals surface area contributed by atoms with Gasteiger partial charge >= 0.3 is 23.9 Å². The van der Waals surface area contributed by atoms with Crippen molar-refractivity contribution in [1.29, 1.82) is 0 Å². The third kappa shape index (κ3) is 26.7. The van der Waals surface area contributed by atoms with Gasteiger partial charge in [0.05, 0.1) is 30.7 Å². The molecule has 770 valence electrons. The van der Waals surface area contributed by atoms with Gasteiger partial charge in [0.2, 0.25) is 0 Å². The van der Waals surface area contributed by atoms with Gasteiger partial charge in [-0.1, -0.05) is 225 Å². The summed E-state index contributed by atoms with van der Waals surface area (Å²) in [7, 11) is 0. The number of benzene rings is 2. The Kier molecular flexibility index (Phi) is 41.4.